The van der Waals surface area contributed by atoms with Crippen molar-refractivity contribution >= 4 is 5.91 Å². The van der Waals surface area contributed by atoms with Gasteiger partial charge in [0.05, 0.1) is 0 Å². The van der Waals surface area contributed by atoms with Gasteiger partial charge in [-0.3, -0.25) is 10.1 Å². The molecule has 6 nitrogen and oxygen atoms in total. The first-order valence-electron chi connectivity index (χ1n) is 6.63. The number of hydrogen-bond donors (Lipinski definition) is 1. The van der Waals surface area contributed by atoms with Crippen LogP contribution < -0.4 is 5.32 Å². The minimum absolute atomic E-state index is 0.0422. The van der Waals surface area contributed by atoms with E-state index in [1.165, 1.54) is 0 Å². The number of nitrogens with one attached hydrogen (secondary N) is 1. The van der Waals surface area contributed by atoms with Gasteiger partial charge in [-0.15, -0.1) is 0 Å². The summed E-state index contributed by atoms with van der Waals surface area (Å²) in [4.78, 5) is 18.3. The minimum atomic E-state index is -0.229. The second-order valence-electron chi connectivity index (χ2n) is 4.87. The highest BCUT2D eigenvalue weighted by Crippen LogP contribution is 2.12. The van der Waals surface area contributed by atoms with E-state index >= 15 is 0 Å². The fourth-order valence-electron chi connectivity index (χ4n) is 1.91. The Morgan fingerprint density at radius 2 is 2.42 bits per heavy atom. The summed E-state index contributed by atoms with van der Waals surface area (Å²) < 4.78 is 5.18. The van der Waals surface area contributed by atoms with Crippen molar-refractivity contribution in [3.8, 4) is 0 Å². The van der Waals surface area contributed by atoms with Crippen molar-refractivity contribution in [3.05, 3.63) is 23.9 Å². The van der Waals surface area contributed by atoms with Crippen LogP contribution in [0.3, 0.4) is 0 Å². The molecule has 2 heterocycles. The molecule has 1 atom stereocenters. The zero-order valence-electron chi connectivity index (χ0n) is 11.6. The lowest BCUT2D eigenvalue weighted by Gasteiger charge is -2.22. The van der Waals surface area contributed by atoms with Gasteiger partial charge in [-0.05, 0) is 6.92 Å². The third-order valence-electron chi connectivity index (χ3n) is 3.07. The molecule has 6 heteroatoms. The van der Waals surface area contributed by atoms with Crippen LogP contribution in [0.15, 0.2) is 16.7 Å². The normalized spacial score (nSPS) is 18.2. The topological polar surface area (TPSA) is 71.3 Å². The average Bonchev–Trinajstić information content (AvgIpc) is 3.06. The molecular formula is C13H20N4O2. The van der Waals surface area contributed by atoms with Crippen LogP contribution >= 0.6 is 0 Å². The summed E-state index contributed by atoms with van der Waals surface area (Å²) in [6.45, 7) is 7.67. The number of carbonyl (C=O) groups excluding carboxylic acids is 1. The molecular weight excluding hydrogens is 244 g/mol. The summed E-state index contributed by atoms with van der Waals surface area (Å²) in [5, 5.41) is 7.02. The van der Waals surface area contributed by atoms with E-state index < -0.39 is 0 Å². The van der Waals surface area contributed by atoms with Crippen molar-refractivity contribution in [1.82, 2.24) is 20.4 Å². The first-order chi connectivity index (χ1) is 9.11. The second kappa shape index (κ2) is 5.97. The quantitative estimate of drug-likeness (QED) is 0.805. The van der Waals surface area contributed by atoms with E-state index in [1.807, 2.05) is 32.9 Å². The van der Waals surface area contributed by atoms with Crippen molar-refractivity contribution in [2.24, 2.45) is 0 Å². The van der Waals surface area contributed by atoms with Gasteiger partial charge in [0.15, 0.2) is 5.82 Å². The van der Waals surface area contributed by atoms with Crippen LogP contribution in [0.5, 0.6) is 0 Å². The molecule has 1 aliphatic rings. The van der Waals surface area contributed by atoms with Gasteiger partial charge in [0.2, 0.25) is 11.8 Å². The Labute approximate surface area is 112 Å². The minimum Gasteiger partial charge on any atom is -0.337 e. The Morgan fingerprint density at radius 1 is 1.63 bits per heavy atom. The summed E-state index contributed by atoms with van der Waals surface area (Å²) in [6, 6.07) is -0.229. The third-order valence-corrected chi connectivity index (χ3v) is 3.07. The molecule has 1 aliphatic heterocycles. The highest BCUT2D eigenvalue weighted by atomic mass is 16.5. The Morgan fingerprint density at radius 3 is 2.95 bits per heavy atom. The molecule has 0 aliphatic carbocycles. The van der Waals surface area contributed by atoms with Gasteiger partial charge < -0.3 is 9.42 Å². The summed E-state index contributed by atoms with van der Waals surface area (Å²) in [6.07, 6.45) is 3.85. The highest BCUT2D eigenvalue weighted by molar-refractivity contribution is 5.84. The monoisotopic (exact) mass is 264 g/mol. The highest BCUT2D eigenvalue weighted by Gasteiger charge is 2.24. The fourth-order valence-corrected chi connectivity index (χ4v) is 1.91. The molecule has 1 aromatic rings. The van der Waals surface area contributed by atoms with Gasteiger partial charge in [-0.2, -0.15) is 4.98 Å². The van der Waals surface area contributed by atoms with Crippen molar-refractivity contribution in [2.75, 3.05) is 13.1 Å². The van der Waals surface area contributed by atoms with E-state index in [1.54, 1.807) is 4.90 Å². The summed E-state index contributed by atoms with van der Waals surface area (Å²) in [5.41, 5.74) is 0. The molecule has 2 rings (SSSR count). The third kappa shape index (κ3) is 3.20. The van der Waals surface area contributed by atoms with Gasteiger partial charge in [0, 0.05) is 19.0 Å². The lowest BCUT2D eigenvalue weighted by atomic mass is 10.2. The molecule has 1 aromatic heterocycles. The molecule has 0 radical (unpaired) electrons. The van der Waals surface area contributed by atoms with Gasteiger partial charge in [-0.25, -0.2) is 0 Å². The maximum Gasteiger partial charge on any atom is 0.246 e. The molecule has 0 fully saturated rings. The van der Waals surface area contributed by atoms with Gasteiger partial charge >= 0.3 is 0 Å². The van der Waals surface area contributed by atoms with E-state index in [0.29, 0.717) is 24.8 Å². The van der Waals surface area contributed by atoms with Gasteiger partial charge in [0.1, 0.15) is 12.6 Å². The smallest absolute Gasteiger partial charge is 0.246 e. The standard InChI is InChI=1S/C13H20N4O2/c1-4-17(13(18)10-6-5-7-14-10)8-11-15-12(9(2)3)16-19-11/h5-6,9-10,14H,4,7-8H2,1-3H3. The summed E-state index contributed by atoms with van der Waals surface area (Å²) in [7, 11) is 0. The maximum absolute atomic E-state index is 12.2. The number of aromatic nitrogens is 2. The summed E-state index contributed by atoms with van der Waals surface area (Å²) >= 11 is 0. The molecule has 0 spiro atoms. The fraction of sp³-hybridized carbons (Fsp3) is 0.615. The zero-order valence-corrected chi connectivity index (χ0v) is 11.6. The lowest BCUT2D eigenvalue weighted by molar-refractivity contribution is -0.132. The Bertz CT molecular complexity index is 467. The predicted octanol–water partition coefficient (Wildman–Crippen LogP) is 1.07. The summed E-state index contributed by atoms with van der Waals surface area (Å²) in [5.74, 6) is 1.43. The van der Waals surface area contributed by atoms with Crippen molar-refractivity contribution in [2.45, 2.75) is 39.3 Å². The lowest BCUT2D eigenvalue weighted by Crippen LogP contribution is -2.43. The number of carbonyl (C=O) groups is 1. The second-order valence-corrected chi connectivity index (χ2v) is 4.87. The van der Waals surface area contributed by atoms with Crippen LogP contribution in [0.2, 0.25) is 0 Å². The molecule has 104 valence electrons. The van der Waals surface area contributed by atoms with E-state index in [9.17, 15) is 4.79 Å². The number of likely N-dealkylation sites (N-methyl/N-ethyl adjacent to an activating group) is 1. The molecule has 0 bridgehead atoms. The maximum atomic E-state index is 12.2. The molecule has 0 saturated carbocycles. The van der Waals surface area contributed by atoms with Crippen LogP contribution in [0, 0.1) is 0 Å². The molecule has 0 aromatic carbocycles. The number of rotatable bonds is 5. The van der Waals surface area contributed by atoms with Gasteiger partial charge in [0.25, 0.3) is 0 Å². The number of amides is 1. The van der Waals surface area contributed by atoms with Crippen molar-refractivity contribution < 1.29 is 9.32 Å². The van der Waals surface area contributed by atoms with E-state index in [4.69, 9.17) is 4.52 Å². The number of nitrogens with zero attached hydrogens (tertiary/aromatic N) is 3. The molecule has 1 N–H and O–H groups in total. The average molecular weight is 264 g/mol. The molecule has 1 amide bonds. The Kier molecular flexibility index (Phi) is 4.31. The first kappa shape index (κ1) is 13.7. The van der Waals surface area contributed by atoms with Crippen LogP contribution in [-0.4, -0.2) is 40.1 Å². The van der Waals surface area contributed by atoms with Crippen LogP contribution in [0.1, 0.15) is 38.4 Å². The van der Waals surface area contributed by atoms with E-state index in [2.05, 4.69) is 15.5 Å². The van der Waals surface area contributed by atoms with Crippen molar-refractivity contribution in [1.29, 1.82) is 0 Å². The van der Waals surface area contributed by atoms with Crippen molar-refractivity contribution in [3.63, 3.8) is 0 Å². The molecule has 0 saturated heterocycles. The Hall–Kier alpha value is -1.69. The largest absolute Gasteiger partial charge is 0.337 e. The Balaban J connectivity index is 2.01. The first-order valence-corrected chi connectivity index (χ1v) is 6.63. The SMILES string of the molecule is CCN(Cc1nc(C(C)C)no1)C(=O)C1C=CCN1. The van der Waals surface area contributed by atoms with E-state index in [-0.39, 0.29) is 17.9 Å². The predicted molar refractivity (Wildman–Crippen MR) is 70.4 cm³/mol. The van der Waals surface area contributed by atoms with Crippen LogP contribution in [-0.2, 0) is 11.3 Å². The molecule has 19 heavy (non-hydrogen) atoms. The van der Waals surface area contributed by atoms with Gasteiger partial charge in [-0.1, -0.05) is 31.2 Å². The van der Waals surface area contributed by atoms with Crippen LogP contribution in [0.4, 0.5) is 0 Å². The van der Waals surface area contributed by atoms with E-state index in [0.717, 1.165) is 6.54 Å². The zero-order chi connectivity index (χ0) is 13.8. The molecule has 1 unspecified atom stereocenters. The number of hydrogen-bond acceptors (Lipinski definition) is 5. The van der Waals surface area contributed by atoms with Crippen LogP contribution in [0.25, 0.3) is 0 Å².